The fraction of sp³-hybridized carbons (Fsp3) is 0.415. The zero-order chi connectivity index (χ0) is 50.5. The number of β-amino-alcohol motifs (C(OH)–C–C–N with tert-alkyl or cyclic N) is 1. The maximum Gasteiger partial charge on any atom is 0.251 e. The first-order chi connectivity index (χ1) is 33.2. The molecule has 2 aromatic heterocycles. The monoisotopic (exact) mass is 988 g/mol. The molecule has 1 aliphatic heterocycles. The molecule has 368 valence electrons. The van der Waals surface area contributed by atoms with Crippen molar-refractivity contribution in [3.63, 3.8) is 0 Å². The molecule has 4 amide bonds. The molecule has 2 aliphatic rings. The highest BCUT2D eigenvalue weighted by Gasteiger charge is 2.64. The number of thiazole rings is 1. The van der Waals surface area contributed by atoms with E-state index in [9.17, 15) is 29.5 Å². The molecule has 17 heteroatoms. The van der Waals surface area contributed by atoms with E-state index in [0.29, 0.717) is 34.3 Å². The van der Waals surface area contributed by atoms with Gasteiger partial charge in [0.05, 0.1) is 39.4 Å². The Morgan fingerprint density at radius 3 is 2.26 bits per heavy atom. The first-order valence-electron chi connectivity index (χ1n) is 23.3. The minimum Gasteiger partial charge on any atom is -0.489 e. The number of amides is 4. The van der Waals surface area contributed by atoms with Gasteiger partial charge in [-0.3, -0.25) is 19.2 Å². The summed E-state index contributed by atoms with van der Waals surface area (Å²) in [7, 11) is 0. The predicted octanol–water partition coefficient (Wildman–Crippen LogP) is 7.56. The Labute approximate surface area is 418 Å². The van der Waals surface area contributed by atoms with Gasteiger partial charge in [-0.25, -0.2) is 9.97 Å². The summed E-state index contributed by atoms with van der Waals surface area (Å²) in [5.41, 5.74) is 5.84. The number of hydrogen-bond acceptors (Lipinski definition) is 12. The highest BCUT2D eigenvalue weighted by molar-refractivity contribution is 7.13. The van der Waals surface area contributed by atoms with E-state index in [0.717, 1.165) is 32.8 Å². The topological polar surface area (TPSA) is 208 Å². The van der Waals surface area contributed by atoms with E-state index in [-0.39, 0.29) is 56.7 Å². The van der Waals surface area contributed by atoms with Crippen LogP contribution in [-0.2, 0) is 25.7 Å². The molecule has 5 N–H and O–H groups in total. The molecular weight excluding hydrogens is 928 g/mol. The number of aliphatic hydroxyl groups is 1. The van der Waals surface area contributed by atoms with Crippen molar-refractivity contribution in [2.24, 2.45) is 16.2 Å². The van der Waals surface area contributed by atoms with Crippen LogP contribution in [0.5, 0.6) is 5.75 Å². The van der Waals surface area contributed by atoms with Crippen LogP contribution in [0.2, 0.25) is 5.02 Å². The molecule has 70 heavy (non-hydrogen) atoms. The average molecular weight is 990 g/mol. The lowest BCUT2D eigenvalue weighted by Crippen LogP contribution is -2.74. The van der Waals surface area contributed by atoms with E-state index < -0.39 is 46.2 Å². The Balaban J connectivity index is 0.839. The van der Waals surface area contributed by atoms with Crippen LogP contribution in [0.1, 0.15) is 82.1 Å². The summed E-state index contributed by atoms with van der Waals surface area (Å²) >= 11 is 7.82. The Morgan fingerprint density at radius 1 is 0.957 bits per heavy atom. The lowest BCUT2D eigenvalue weighted by atomic mass is 9.49. The molecule has 0 bridgehead atoms. The van der Waals surface area contributed by atoms with Gasteiger partial charge < -0.3 is 40.7 Å². The number of nitrogens with one attached hydrogen (secondary N) is 4. The standard InChI is InChI=1S/C53H61ClN8O7S/c1-31-44(70-30-59-31)34-11-9-32(10-12-34)26-58-47(66)41-23-38(63)28-62(41)48(67)45(51(2,3)4)60-43(64)29-68-22-21-56-42-20-18-37(27-57-42)33-13-15-35(16-14-33)46(65)61-49-52(5,6)50(53(49,7)8)69-39-19-17-36(25-55)40(54)24-39/h9-20,24,27,30,38,41,45,49-50,63H,21-23,26,28-29H2,1-8H3,(H,56,57)(H,58,66)(H,60,64)(H,61,65)/t38-,41+,45?,49?,50?/m1/s1. The van der Waals surface area contributed by atoms with Crippen LogP contribution in [0.4, 0.5) is 5.82 Å². The molecule has 1 saturated carbocycles. The first kappa shape index (κ1) is 51.5. The van der Waals surface area contributed by atoms with Crippen molar-refractivity contribution in [3.8, 4) is 33.4 Å². The van der Waals surface area contributed by atoms with Gasteiger partial charge in [0.15, 0.2) is 0 Å². The van der Waals surface area contributed by atoms with Crippen molar-refractivity contribution in [1.29, 1.82) is 5.26 Å². The molecule has 1 unspecified atom stereocenters. The van der Waals surface area contributed by atoms with Crippen LogP contribution in [0.3, 0.4) is 0 Å². The average Bonchev–Trinajstić information content (AvgIpc) is 3.95. The van der Waals surface area contributed by atoms with Crippen molar-refractivity contribution >= 4 is 52.4 Å². The SMILES string of the molecule is Cc1ncsc1-c1ccc(CNC(=O)[C@@H]2C[C@@H](O)CN2C(=O)C(NC(=O)COCCNc2ccc(-c3ccc(C(=O)NC4C(C)(C)C(Oc5ccc(C#N)c(Cl)c5)C4(C)C)cc3)cn2)C(C)(C)C)cc1. The number of anilines is 1. The summed E-state index contributed by atoms with van der Waals surface area (Å²) in [5.74, 6) is -0.332. The molecule has 3 aromatic carbocycles. The molecule has 7 rings (SSSR count). The lowest BCUT2D eigenvalue weighted by Gasteiger charge is -2.63. The second kappa shape index (κ2) is 21.3. The van der Waals surface area contributed by atoms with Gasteiger partial charge in [0.25, 0.3) is 5.91 Å². The highest BCUT2D eigenvalue weighted by Crippen LogP contribution is 2.55. The summed E-state index contributed by atoms with van der Waals surface area (Å²) in [6, 6.07) is 24.0. The molecule has 3 atom stereocenters. The molecule has 1 saturated heterocycles. The predicted molar refractivity (Wildman–Crippen MR) is 270 cm³/mol. The van der Waals surface area contributed by atoms with Gasteiger partial charge in [-0.1, -0.05) is 96.5 Å². The van der Waals surface area contributed by atoms with E-state index in [4.69, 9.17) is 21.1 Å². The van der Waals surface area contributed by atoms with Crippen LogP contribution in [0, 0.1) is 34.5 Å². The van der Waals surface area contributed by atoms with Crippen molar-refractivity contribution < 1.29 is 33.8 Å². The second-order valence-electron chi connectivity index (χ2n) is 20.2. The molecular formula is C53H61ClN8O7S. The number of benzene rings is 3. The number of aromatic nitrogens is 2. The second-order valence-corrected chi connectivity index (χ2v) is 21.5. The third-order valence-corrected chi connectivity index (χ3v) is 14.5. The maximum atomic E-state index is 14.0. The number of hydrogen-bond donors (Lipinski definition) is 5. The van der Waals surface area contributed by atoms with Crippen LogP contribution in [0.15, 0.2) is 90.6 Å². The third kappa shape index (κ3) is 11.6. The van der Waals surface area contributed by atoms with Crippen LogP contribution < -0.4 is 26.0 Å². The zero-order valence-electron chi connectivity index (χ0n) is 40.8. The van der Waals surface area contributed by atoms with Gasteiger partial charge in [-0.05, 0) is 65.4 Å². The summed E-state index contributed by atoms with van der Waals surface area (Å²) in [4.78, 5) is 65.4. The molecule has 5 aromatic rings. The Bertz CT molecular complexity index is 2720. The number of ether oxygens (including phenoxy) is 2. The number of aliphatic hydroxyl groups excluding tert-OH is 1. The quantitative estimate of drug-likeness (QED) is 0.0575. The smallest absolute Gasteiger partial charge is 0.251 e. The van der Waals surface area contributed by atoms with Crippen LogP contribution in [0.25, 0.3) is 21.6 Å². The van der Waals surface area contributed by atoms with Crippen molar-refractivity contribution in [2.45, 2.75) is 98.7 Å². The summed E-state index contributed by atoms with van der Waals surface area (Å²) < 4.78 is 12.0. The Hall–Kier alpha value is -6.38. The fourth-order valence-corrected chi connectivity index (χ4v) is 10.7. The fourth-order valence-electron chi connectivity index (χ4n) is 9.69. The van der Waals surface area contributed by atoms with E-state index in [1.807, 2.05) is 81.7 Å². The normalized spacial score (nSPS) is 19.5. The third-order valence-electron chi connectivity index (χ3n) is 13.2. The Morgan fingerprint density at radius 2 is 1.64 bits per heavy atom. The number of pyridine rings is 1. The molecule has 0 spiro atoms. The number of likely N-dealkylation sites (tertiary alicyclic amines) is 1. The number of carbonyl (C=O) groups is 4. The minimum atomic E-state index is -0.981. The summed E-state index contributed by atoms with van der Waals surface area (Å²) in [5, 5.41) is 32.3. The number of halogens is 1. The molecule has 3 heterocycles. The van der Waals surface area contributed by atoms with Crippen LogP contribution in [-0.4, -0.2) is 100 Å². The highest BCUT2D eigenvalue weighted by atomic mass is 35.5. The molecule has 1 aliphatic carbocycles. The number of aryl methyl sites for hydroxylation is 1. The van der Waals surface area contributed by atoms with Crippen LogP contribution >= 0.6 is 22.9 Å². The maximum absolute atomic E-state index is 14.0. The van der Waals surface area contributed by atoms with Gasteiger partial charge in [-0.2, -0.15) is 5.26 Å². The van der Waals surface area contributed by atoms with Gasteiger partial charge in [0.2, 0.25) is 17.7 Å². The molecule has 2 fully saturated rings. The Kier molecular flexibility index (Phi) is 15.7. The number of nitriles is 1. The molecule has 15 nitrogen and oxygen atoms in total. The van der Waals surface area contributed by atoms with Gasteiger partial charge in [0.1, 0.15) is 42.4 Å². The number of carbonyl (C=O) groups excluding carboxylic acids is 4. The zero-order valence-corrected chi connectivity index (χ0v) is 42.3. The van der Waals surface area contributed by atoms with Crippen molar-refractivity contribution in [2.75, 3.05) is 31.6 Å². The first-order valence-corrected chi connectivity index (χ1v) is 24.5. The van der Waals surface area contributed by atoms with Gasteiger partial charge in [0, 0.05) is 66.3 Å². The van der Waals surface area contributed by atoms with E-state index >= 15 is 0 Å². The number of nitrogens with zero attached hydrogens (tertiary/aromatic N) is 4. The lowest BCUT2D eigenvalue weighted by molar-refractivity contribution is -0.164. The van der Waals surface area contributed by atoms with Gasteiger partial charge >= 0.3 is 0 Å². The van der Waals surface area contributed by atoms with E-state index in [1.54, 1.807) is 47.9 Å². The number of rotatable bonds is 17. The summed E-state index contributed by atoms with van der Waals surface area (Å²) in [6.45, 7) is 16.2. The van der Waals surface area contributed by atoms with Crippen molar-refractivity contribution in [1.82, 2.24) is 30.8 Å². The minimum absolute atomic E-state index is 0.0261. The van der Waals surface area contributed by atoms with E-state index in [2.05, 4.69) is 65.0 Å². The summed E-state index contributed by atoms with van der Waals surface area (Å²) in [6.07, 6.45) is 0.715. The largest absolute Gasteiger partial charge is 0.489 e. The van der Waals surface area contributed by atoms with Crippen molar-refractivity contribution in [3.05, 3.63) is 118 Å². The van der Waals surface area contributed by atoms with Gasteiger partial charge in [-0.15, -0.1) is 11.3 Å². The molecule has 0 radical (unpaired) electrons. The van der Waals surface area contributed by atoms with E-state index in [1.165, 1.54) is 4.90 Å².